The van der Waals surface area contributed by atoms with Gasteiger partial charge in [-0.1, -0.05) is 40.1 Å². The van der Waals surface area contributed by atoms with Gasteiger partial charge in [-0.2, -0.15) is 0 Å². The van der Waals surface area contributed by atoms with Gasteiger partial charge in [-0.3, -0.25) is 0 Å². The average Bonchev–Trinajstić information content (AvgIpc) is 2.61. The third-order valence-electron chi connectivity index (χ3n) is 4.00. The summed E-state index contributed by atoms with van der Waals surface area (Å²) in [5, 5.41) is 8.05. The van der Waals surface area contributed by atoms with Crippen LogP contribution in [0.4, 0.5) is 13.2 Å². The number of aryl methyl sites for hydroxylation is 1. The van der Waals surface area contributed by atoms with Crippen LogP contribution in [0.15, 0.2) is 46.7 Å². The van der Waals surface area contributed by atoms with E-state index < -0.39 is 12.1 Å². The molecule has 2 aromatic rings. The third-order valence-corrected chi connectivity index (χ3v) is 4.32. The Labute approximate surface area is 171 Å². The van der Waals surface area contributed by atoms with E-state index in [1.165, 1.54) is 13.2 Å². The summed E-state index contributed by atoms with van der Waals surface area (Å²) < 4.78 is 40.8. The number of rotatable bonds is 7. The third kappa shape index (κ3) is 6.39. The Hall–Kier alpha value is -2.74. The summed E-state index contributed by atoms with van der Waals surface area (Å²) in [7, 11) is 1.47. The van der Waals surface area contributed by atoms with E-state index in [1.54, 1.807) is 6.92 Å². The van der Waals surface area contributed by atoms with Gasteiger partial charge < -0.3 is 14.4 Å². The van der Waals surface area contributed by atoms with Crippen molar-refractivity contribution in [1.29, 1.82) is 0 Å². The van der Waals surface area contributed by atoms with Crippen LogP contribution in [-0.2, 0) is 16.3 Å². The molecule has 0 saturated carbocycles. The van der Waals surface area contributed by atoms with Gasteiger partial charge in [-0.05, 0) is 44.5 Å². The summed E-state index contributed by atoms with van der Waals surface area (Å²) in [6, 6.07) is 9.37. The predicted octanol–water partition coefficient (Wildman–Crippen LogP) is 5.86. The van der Waals surface area contributed by atoms with Crippen LogP contribution in [0.1, 0.15) is 36.1 Å². The molecule has 0 aliphatic heterocycles. The van der Waals surface area contributed by atoms with E-state index in [1.807, 2.05) is 32.0 Å². The Morgan fingerprint density at radius 2 is 1.72 bits per heavy atom. The molecule has 0 amide bonds. The van der Waals surface area contributed by atoms with Crippen molar-refractivity contribution in [3.8, 4) is 5.75 Å². The molecule has 0 N–H and O–H groups in total. The van der Waals surface area contributed by atoms with Gasteiger partial charge in [0.2, 0.25) is 0 Å². The topological polar surface area (TPSA) is 52.4 Å². The molecule has 5 nitrogen and oxygen atoms in total. The van der Waals surface area contributed by atoms with E-state index in [0.29, 0.717) is 17.0 Å². The normalized spacial score (nSPS) is 12.7. The van der Waals surface area contributed by atoms with E-state index in [0.717, 1.165) is 28.8 Å². The van der Waals surface area contributed by atoms with E-state index in [4.69, 9.17) is 21.3 Å². The molecule has 0 fully saturated rings. The monoisotopic (exact) mass is 428 g/mol. The van der Waals surface area contributed by atoms with Crippen molar-refractivity contribution in [2.45, 2.75) is 33.7 Å². The summed E-state index contributed by atoms with van der Waals surface area (Å²) in [6.45, 7) is 5.57. The highest BCUT2D eigenvalue weighted by Crippen LogP contribution is 2.28. The lowest BCUT2D eigenvalue weighted by Gasteiger charge is -2.12. The molecule has 0 bridgehead atoms. The van der Waals surface area contributed by atoms with E-state index in [2.05, 4.69) is 15.0 Å². The molecule has 0 aromatic heterocycles. The molecule has 0 unspecified atom stereocenters. The van der Waals surface area contributed by atoms with Crippen LogP contribution in [0.2, 0.25) is 5.02 Å². The van der Waals surface area contributed by atoms with Crippen molar-refractivity contribution in [2.75, 3.05) is 7.11 Å². The maximum atomic E-state index is 12.3. The molecule has 29 heavy (non-hydrogen) atoms. The summed E-state index contributed by atoms with van der Waals surface area (Å²) in [5.41, 5.74) is 4.29. The SMILES string of the molecule is CO/N=C(/C)c1cccc(C)c1CO/N=C(\C)c1ccc(OC(F)(F)F)cc1Cl. The second-order valence-electron chi connectivity index (χ2n) is 6.10. The number of benzene rings is 2. The number of halogens is 4. The molecule has 2 aromatic carbocycles. The fourth-order valence-electron chi connectivity index (χ4n) is 2.65. The number of nitrogens with zero attached hydrogens (tertiary/aromatic N) is 2. The van der Waals surface area contributed by atoms with E-state index in [9.17, 15) is 13.2 Å². The first-order valence-electron chi connectivity index (χ1n) is 8.51. The number of alkyl halides is 3. The standard InChI is InChI=1S/C20H20ClF3N2O3/c1-12-6-5-7-16(13(2)25-27-4)18(12)11-28-26-14(3)17-9-8-15(10-19(17)21)29-20(22,23)24/h5-10H,11H2,1-4H3/b25-13-,26-14+. The van der Waals surface area contributed by atoms with Crippen LogP contribution >= 0.6 is 11.6 Å². The first kappa shape index (κ1) is 22.5. The predicted molar refractivity (Wildman–Crippen MR) is 106 cm³/mol. The molecule has 9 heteroatoms. The van der Waals surface area contributed by atoms with Gasteiger partial charge in [0.1, 0.15) is 19.5 Å². The fraction of sp³-hybridized carbons (Fsp3) is 0.300. The van der Waals surface area contributed by atoms with Crippen molar-refractivity contribution in [3.63, 3.8) is 0 Å². The van der Waals surface area contributed by atoms with Crippen LogP contribution in [0, 0.1) is 6.92 Å². The second kappa shape index (κ2) is 9.65. The Bertz CT molecular complexity index is 928. The Kier molecular flexibility index (Phi) is 7.50. The van der Waals surface area contributed by atoms with Gasteiger partial charge in [0.05, 0.1) is 16.4 Å². The summed E-state index contributed by atoms with van der Waals surface area (Å²) >= 11 is 6.06. The maximum Gasteiger partial charge on any atom is 0.573 e. The van der Waals surface area contributed by atoms with Crippen LogP contribution in [0.3, 0.4) is 0 Å². The molecule has 0 saturated heterocycles. The summed E-state index contributed by atoms with van der Waals surface area (Å²) in [5.74, 6) is -0.405. The van der Waals surface area contributed by atoms with Crippen molar-refractivity contribution in [1.82, 2.24) is 0 Å². The lowest BCUT2D eigenvalue weighted by Crippen LogP contribution is -2.17. The molecule has 0 radical (unpaired) electrons. The molecular weight excluding hydrogens is 409 g/mol. The highest BCUT2D eigenvalue weighted by molar-refractivity contribution is 6.34. The molecule has 0 aliphatic rings. The fourth-order valence-corrected chi connectivity index (χ4v) is 2.96. The molecule has 0 aliphatic carbocycles. The van der Waals surface area contributed by atoms with Crippen LogP contribution in [0.25, 0.3) is 0 Å². The molecule has 0 heterocycles. The molecular formula is C20H20ClF3N2O3. The average molecular weight is 429 g/mol. The Balaban J connectivity index is 2.17. The molecule has 2 rings (SSSR count). The largest absolute Gasteiger partial charge is 0.573 e. The Morgan fingerprint density at radius 3 is 2.34 bits per heavy atom. The zero-order valence-electron chi connectivity index (χ0n) is 16.3. The molecule has 0 atom stereocenters. The lowest BCUT2D eigenvalue weighted by molar-refractivity contribution is -0.274. The quantitative estimate of drug-likeness (QED) is 0.410. The van der Waals surface area contributed by atoms with Crippen LogP contribution in [0.5, 0.6) is 5.75 Å². The van der Waals surface area contributed by atoms with Gasteiger partial charge in [0, 0.05) is 16.7 Å². The number of hydrogen-bond donors (Lipinski definition) is 0. The number of oxime groups is 2. The van der Waals surface area contributed by atoms with Gasteiger partial charge in [0.15, 0.2) is 0 Å². The van der Waals surface area contributed by atoms with Crippen LogP contribution in [-0.4, -0.2) is 24.9 Å². The van der Waals surface area contributed by atoms with Crippen LogP contribution < -0.4 is 4.74 Å². The van der Waals surface area contributed by atoms with Crippen molar-refractivity contribution < 1.29 is 27.6 Å². The molecule has 0 spiro atoms. The summed E-state index contributed by atoms with van der Waals surface area (Å²) in [4.78, 5) is 10.3. The van der Waals surface area contributed by atoms with E-state index >= 15 is 0 Å². The minimum Gasteiger partial charge on any atom is -0.406 e. The highest BCUT2D eigenvalue weighted by atomic mass is 35.5. The molecule has 156 valence electrons. The van der Waals surface area contributed by atoms with Gasteiger partial charge >= 0.3 is 6.36 Å². The maximum absolute atomic E-state index is 12.3. The first-order valence-corrected chi connectivity index (χ1v) is 8.89. The number of ether oxygens (including phenoxy) is 1. The number of hydrogen-bond acceptors (Lipinski definition) is 5. The van der Waals surface area contributed by atoms with Gasteiger partial charge in [-0.15, -0.1) is 13.2 Å². The first-order chi connectivity index (χ1) is 13.6. The summed E-state index contributed by atoms with van der Waals surface area (Å²) in [6.07, 6.45) is -4.79. The van der Waals surface area contributed by atoms with Crippen molar-refractivity contribution in [3.05, 3.63) is 63.7 Å². The smallest absolute Gasteiger partial charge is 0.406 e. The van der Waals surface area contributed by atoms with Crippen molar-refractivity contribution in [2.24, 2.45) is 10.3 Å². The zero-order valence-corrected chi connectivity index (χ0v) is 17.1. The van der Waals surface area contributed by atoms with E-state index in [-0.39, 0.29) is 11.6 Å². The Morgan fingerprint density at radius 1 is 1.03 bits per heavy atom. The van der Waals surface area contributed by atoms with Gasteiger partial charge in [0.25, 0.3) is 0 Å². The van der Waals surface area contributed by atoms with Gasteiger partial charge in [-0.25, -0.2) is 0 Å². The minimum atomic E-state index is -4.79. The van der Waals surface area contributed by atoms with Crippen molar-refractivity contribution >= 4 is 23.0 Å². The lowest BCUT2D eigenvalue weighted by atomic mass is 10.00. The minimum absolute atomic E-state index is 0.0660. The highest BCUT2D eigenvalue weighted by Gasteiger charge is 2.31. The second-order valence-corrected chi connectivity index (χ2v) is 6.51. The zero-order chi connectivity index (χ0) is 21.6.